The van der Waals surface area contributed by atoms with Crippen LogP contribution in [0.15, 0.2) is 46.8 Å². The molecule has 3 rings (SSSR count). The number of carbonyl (C=O) groups is 1. The van der Waals surface area contributed by atoms with E-state index in [0.29, 0.717) is 36.0 Å². The van der Waals surface area contributed by atoms with Crippen LogP contribution in [-0.4, -0.2) is 41.8 Å². The van der Waals surface area contributed by atoms with Gasteiger partial charge in [-0.05, 0) is 42.6 Å². The average Bonchev–Trinajstić information content (AvgIpc) is 3.21. The molecule has 8 heteroatoms. The molecular weight excluding hydrogens is 406 g/mol. The van der Waals surface area contributed by atoms with E-state index >= 15 is 0 Å². The Bertz CT molecular complexity index is 958. The molecule has 0 unspecified atom stereocenters. The number of ether oxygens (including phenoxy) is 2. The Hall–Kier alpha value is -2.58. The number of aromatic nitrogens is 2. The van der Waals surface area contributed by atoms with Crippen molar-refractivity contribution in [2.45, 2.75) is 17.7 Å². The van der Waals surface area contributed by atoms with Crippen LogP contribution >= 0.6 is 23.3 Å². The third kappa shape index (κ3) is 5.95. The average molecular weight is 430 g/mol. The minimum Gasteiger partial charge on any atom is -0.493 e. The highest BCUT2D eigenvalue weighted by Gasteiger charge is 2.10. The Morgan fingerprint density at radius 2 is 1.86 bits per heavy atom. The van der Waals surface area contributed by atoms with Gasteiger partial charge in [0.2, 0.25) is 5.91 Å². The summed E-state index contributed by atoms with van der Waals surface area (Å²) in [5, 5.41) is 2.94. The molecule has 29 heavy (non-hydrogen) atoms. The van der Waals surface area contributed by atoms with E-state index in [0.717, 1.165) is 15.5 Å². The summed E-state index contributed by atoms with van der Waals surface area (Å²) in [6.45, 7) is 2.60. The van der Waals surface area contributed by atoms with Crippen molar-refractivity contribution in [2.75, 3.05) is 26.5 Å². The highest BCUT2D eigenvalue weighted by atomic mass is 32.2. The number of hydrogen-bond donors (Lipinski definition) is 1. The van der Waals surface area contributed by atoms with Crippen molar-refractivity contribution in [3.05, 3.63) is 53.6 Å². The number of carbonyl (C=O) groups excluding carboxylic acids is 1. The number of hydrogen-bond acceptors (Lipinski definition) is 7. The first-order valence-corrected chi connectivity index (χ1v) is 10.9. The summed E-state index contributed by atoms with van der Waals surface area (Å²) in [6.07, 6.45) is 0.715. The maximum atomic E-state index is 12.1. The van der Waals surface area contributed by atoms with Crippen molar-refractivity contribution in [1.29, 1.82) is 0 Å². The monoisotopic (exact) mass is 429 g/mol. The van der Waals surface area contributed by atoms with Crippen LogP contribution < -0.4 is 14.8 Å². The van der Waals surface area contributed by atoms with Gasteiger partial charge in [0.25, 0.3) is 0 Å². The largest absolute Gasteiger partial charge is 0.493 e. The Labute approximate surface area is 178 Å². The quantitative estimate of drug-likeness (QED) is 0.519. The van der Waals surface area contributed by atoms with Crippen molar-refractivity contribution in [3.63, 3.8) is 0 Å². The van der Waals surface area contributed by atoms with Crippen LogP contribution in [0.2, 0.25) is 0 Å². The lowest BCUT2D eigenvalue weighted by Crippen LogP contribution is -2.27. The summed E-state index contributed by atoms with van der Waals surface area (Å²) in [5.41, 5.74) is 3.25. The molecule has 0 saturated carbocycles. The number of aryl methyl sites for hydroxylation is 1. The predicted octanol–water partition coefficient (Wildman–Crippen LogP) is 3.98. The molecule has 1 heterocycles. The lowest BCUT2D eigenvalue weighted by molar-refractivity contribution is -0.118. The van der Waals surface area contributed by atoms with Crippen LogP contribution in [-0.2, 0) is 11.2 Å². The van der Waals surface area contributed by atoms with E-state index in [1.54, 1.807) is 14.2 Å². The number of nitrogens with one attached hydrogen (secondary N) is 1. The van der Waals surface area contributed by atoms with E-state index in [9.17, 15) is 4.79 Å². The molecular formula is C21H23N3O3S2. The minimum absolute atomic E-state index is 0.0254. The molecule has 0 aliphatic rings. The number of nitrogens with zero attached hydrogens (tertiary/aromatic N) is 2. The van der Waals surface area contributed by atoms with Crippen molar-refractivity contribution >= 4 is 29.2 Å². The van der Waals surface area contributed by atoms with Crippen molar-refractivity contribution in [3.8, 4) is 22.9 Å². The van der Waals surface area contributed by atoms with E-state index in [4.69, 9.17) is 9.47 Å². The van der Waals surface area contributed by atoms with Crippen LogP contribution in [0.25, 0.3) is 11.4 Å². The summed E-state index contributed by atoms with van der Waals surface area (Å²) in [7, 11) is 3.22. The number of rotatable bonds is 9. The smallest absolute Gasteiger partial charge is 0.230 e. The molecule has 1 N–H and O–H groups in total. The standard InChI is InChI=1S/C21H23N3O3S2/c1-14-4-7-16(8-5-14)20-23-21(29-24-20)28-13-19(25)22-11-10-15-6-9-17(26-2)18(12-15)27-3/h4-9,12H,10-11,13H2,1-3H3,(H,22,25). The lowest BCUT2D eigenvalue weighted by atomic mass is 10.1. The SMILES string of the molecule is COc1ccc(CCNC(=O)CSc2nc(-c3ccc(C)cc3)ns2)cc1OC. The van der Waals surface area contributed by atoms with Gasteiger partial charge in [-0.3, -0.25) is 4.79 Å². The van der Waals surface area contributed by atoms with Crippen LogP contribution in [0, 0.1) is 6.92 Å². The fourth-order valence-corrected chi connectivity index (χ4v) is 4.09. The first-order valence-electron chi connectivity index (χ1n) is 9.10. The maximum Gasteiger partial charge on any atom is 0.230 e. The Kier molecular flexibility index (Phi) is 7.48. The highest BCUT2D eigenvalue weighted by Crippen LogP contribution is 2.28. The number of methoxy groups -OCH3 is 2. The molecule has 1 amide bonds. The molecule has 1 aromatic heterocycles. The Balaban J connectivity index is 1.44. The van der Waals surface area contributed by atoms with E-state index in [1.807, 2.05) is 49.4 Å². The van der Waals surface area contributed by atoms with Gasteiger partial charge < -0.3 is 14.8 Å². The van der Waals surface area contributed by atoms with Gasteiger partial charge in [-0.25, -0.2) is 4.98 Å². The van der Waals surface area contributed by atoms with Gasteiger partial charge in [-0.1, -0.05) is 47.7 Å². The van der Waals surface area contributed by atoms with Gasteiger partial charge in [-0.15, -0.1) is 0 Å². The third-order valence-corrected chi connectivity index (χ3v) is 6.06. The van der Waals surface area contributed by atoms with Gasteiger partial charge in [0, 0.05) is 12.1 Å². The van der Waals surface area contributed by atoms with Gasteiger partial charge in [-0.2, -0.15) is 4.37 Å². The fourth-order valence-electron chi connectivity index (χ4n) is 2.65. The molecule has 152 valence electrons. The summed E-state index contributed by atoms with van der Waals surface area (Å²) in [5.74, 6) is 2.37. The summed E-state index contributed by atoms with van der Waals surface area (Å²) >= 11 is 2.72. The molecule has 0 saturated heterocycles. The van der Waals surface area contributed by atoms with Crippen molar-refractivity contribution in [1.82, 2.24) is 14.7 Å². The van der Waals surface area contributed by atoms with Gasteiger partial charge in [0.1, 0.15) is 0 Å². The number of amides is 1. The molecule has 0 spiro atoms. The molecule has 0 aliphatic heterocycles. The van der Waals surface area contributed by atoms with Crippen molar-refractivity contribution in [2.24, 2.45) is 0 Å². The zero-order valence-electron chi connectivity index (χ0n) is 16.6. The molecule has 6 nitrogen and oxygen atoms in total. The lowest BCUT2D eigenvalue weighted by Gasteiger charge is -2.10. The minimum atomic E-state index is -0.0254. The topological polar surface area (TPSA) is 73.3 Å². The van der Waals surface area contributed by atoms with Crippen LogP contribution in [0.3, 0.4) is 0 Å². The normalized spacial score (nSPS) is 10.6. The molecule has 0 atom stereocenters. The van der Waals surface area contributed by atoms with Crippen molar-refractivity contribution < 1.29 is 14.3 Å². The van der Waals surface area contributed by atoms with Gasteiger partial charge >= 0.3 is 0 Å². The van der Waals surface area contributed by atoms with Crippen LogP contribution in [0.5, 0.6) is 11.5 Å². The second-order valence-corrected chi connectivity index (χ2v) is 8.30. The van der Waals surface area contributed by atoms with E-state index in [2.05, 4.69) is 14.7 Å². The molecule has 2 aromatic carbocycles. The predicted molar refractivity (Wildman–Crippen MR) is 117 cm³/mol. The van der Waals surface area contributed by atoms with Gasteiger partial charge in [0.15, 0.2) is 21.7 Å². The number of benzene rings is 2. The zero-order chi connectivity index (χ0) is 20.6. The van der Waals surface area contributed by atoms with Gasteiger partial charge in [0.05, 0.1) is 20.0 Å². The second-order valence-electron chi connectivity index (χ2n) is 6.33. The Morgan fingerprint density at radius 3 is 2.59 bits per heavy atom. The van der Waals surface area contributed by atoms with E-state index in [-0.39, 0.29) is 5.91 Å². The maximum absolute atomic E-state index is 12.1. The second kappa shape index (κ2) is 10.3. The highest BCUT2D eigenvalue weighted by molar-refractivity contribution is 8.01. The van der Waals surface area contributed by atoms with E-state index < -0.39 is 0 Å². The molecule has 3 aromatic rings. The first kappa shape index (κ1) is 21.1. The van der Waals surface area contributed by atoms with Crippen LogP contribution in [0.1, 0.15) is 11.1 Å². The van der Waals surface area contributed by atoms with E-state index in [1.165, 1.54) is 28.9 Å². The summed E-state index contributed by atoms with van der Waals surface area (Å²) in [6, 6.07) is 13.8. The number of thioether (sulfide) groups is 1. The molecule has 0 aliphatic carbocycles. The molecule has 0 radical (unpaired) electrons. The fraction of sp³-hybridized carbons (Fsp3) is 0.286. The first-order chi connectivity index (χ1) is 14.1. The molecule has 0 bridgehead atoms. The Morgan fingerprint density at radius 1 is 1.10 bits per heavy atom. The molecule has 0 fully saturated rings. The zero-order valence-corrected chi connectivity index (χ0v) is 18.2. The summed E-state index contributed by atoms with van der Waals surface area (Å²) in [4.78, 5) is 16.6. The summed E-state index contributed by atoms with van der Waals surface area (Å²) < 4.78 is 15.7. The van der Waals surface area contributed by atoms with Crippen LogP contribution in [0.4, 0.5) is 0 Å². The third-order valence-electron chi connectivity index (χ3n) is 4.23.